The first kappa shape index (κ1) is 33.3. The zero-order valence-electron chi connectivity index (χ0n) is 31.6. The Morgan fingerprint density at radius 3 is 2.42 bits per heavy atom. The zero-order chi connectivity index (χ0) is 38.0. The molecule has 11 rings (SSSR count). The van der Waals surface area contributed by atoms with E-state index in [1.165, 1.54) is 49.3 Å². The van der Waals surface area contributed by atoms with E-state index in [0.29, 0.717) is 12.0 Å². The van der Waals surface area contributed by atoms with Crippen molar-refractivity contribution in [1.82, 2.24) is 4.57 Å². The number of fused-ring (bicyclic) bond motifs is 14. The van der Waals surface area contributed by atoms with E-state index < -0.39 is 0 Å². The molecule has 0 saturated heterocycles. The highest BCUT2D eigenvalue weighted by Crippen LogP contribution is 2.51. The first-order valence-corrected chi connectivity index (χ1v) is 19.8. The molecule has 7 aromatic rings. The molecular weight excluding hydrogens is 693 g/mol. The first-order chi connectivity index (χ1) is 28.2. The smallest absolute Gasteiger partial charge is 0.136 e. The zero-order valence-corrected chi connectivity index (χ0v) is 31.6. The molecule has 3 unspecified atom stereocenters. The van der Waals surface area contributed by atoms with Gasteiger partial charge >= 0.3 is 0 Å². The van der Waals surface area contributed by atoms with Crippen molar-refractivity contribution >= 4 is 62.4 Å². The molecule has 1 aliphatic heterocycles. The summed E-state index contributed by atoms with van der Waals surface area (Å²) in [5, 5.41) is 5.92. The van der Waals surface area contributed by atoms with E-state index in [-0.39, 0.29) is 5.92 Å². The van der Waals surface area contributed by atoms with Crippen LogP contribution in [0.4, 0.5) is 11.4 Å². The summed E-state index contributed by atoms with van der Waals surface area (Å²) in [6, 6.07) is 37.7. The van der Waals surface area contributed by atoms with Crippen molar-refractivity contribution in [3.63, 3.8) is 0 Å². The minimum absolute atomic E-state index is 0.249. The predicted octanol–water partition coefficient (Wildman–Crippen LogP) is 12.6. The Hall–Kier alpha value is -7.10. The highest BCUT2D eigenvalue weighted by atomic mass is 16.3. The Morgan fingerprint density at radius 2 is 1.53 bits per heavy atom. The molecule has 0 amide bonds. The molecule has 5 aromatic carbocycles. The number of benzene rings is 5. The maximum Gasteiger partial charge on any atom is 0.136 e. The second kappa shape index (κ2) is 13.3. The molecule has 272 valence electrons. The van der Waals surface area contributed by atoms with Gasteiger partial charge in [0.25, 0.3) is 0 Å². The second-order valence-corrected chi connectivity index (χ2v) is 15.3. The summed E-state index contributed by atoms with van der Waals surface area (Å²) in [6.07, 6.45) is 31.6. The number of furan rings is 1. The third-order valence-corrected chi connectivity index (χ3v) is 12.2. The van der Waals surface area contributed by atoms with Crippen LogP contribution in [-0.4, -0.2) is 4.57 Å². The quantitative estimate of drug-likeness (QED) is 0.152. The Bertz CT molecular complexity index is 3170. The van der Waals surface area contributed by atoms with Crippen molar-refractivity contribution in [3.8, 4) is 11.1 Å². The van der Waals surface area contributed by atoms with Gasteiger partial charge in [-0.1, -0.05) is 135 Å². The van der Waals surface area contributed by atoms with Crippen LogP contribution in [0.3, 0.4) is 0 Å². The fraction of sp³-hybridized carbons (Fsp3) is 0.0741. The summed E-state index contributed by atoms with van der Waals surface area (Å²) in [6.45, 7) is 8.50. The fourth-order valence-corrected chi connectivity index (χ4v) is 9.68. The molecule has 0 spiro atoms. The molecule has 0 saturated carbocycles. The average molecular weight is 733 g/mol. The number of aromatic nitrogens is 1. The Morgan fingerprint density at radius 1 is 0.737 bits per heavy atom. The van der Waals surface area contributed by atoms with E-state index >= 15 is 0 Å². The molecule has 2 aromatic heterocycles. The van der Waals surface area contributed by atoms with Crippen molar-refractivity contribution in [2.75, 3.05) is 4.90 Å². The van der Waals surface area contributed by atoms with Crippen molar-refractivity contribution < 1.29 is 4.42 Å². The van der Waals surface area contributed by atoms with Crippen LogP contribution in [-0.2, 0) is 0 Å². The van der Waals surface area contributed by atoms with Crippen molar-refractivity contribution in [1.29, 1.82) is 0 Å². The predicted molar refractivity (Wildman–Crippen MR) is 240 cm³/mol. The number of allylic oxidation sites excluding steroid dienone is 12. The molecule has 3 nitrogen and oxygen atoms in total. The topological polar surface area (TPSA) is 21.3 Å². The lowest BCUT2D eigenvalue weighted by Gasteiger charge is -2.35. The molecule has 3 aliphatic carbocycles. The Labute approximate surface area is 332 Å². The third-order valence-electron chi connectivity index (χ3n) is 12.2. The van der Waals surface area contributed by atoms with Crippen LogP contribution in [0.1, 0.15) is 41.0 Å². The van der Waals surface area contributed by atoms with Crippen LogP contribution in [0.5, 0.6) is 0 Å². The second-order valence-electron chi connectivity index (χ2n) is 15.3. The minimum Gasteiger partial charge on any atom is -0.456 e. The van der Waals surface area contributed by atoms with Crippen LogP contribution < -0.4 is 15.5 Å². The largest absolute Gasteiger partial charge is 0.456 e. The van der Waals surface area contributed by atoms with E-state index in [2.05, 4.69) is 187 Å². The van der Waals surface area contributed by atoms with E-state index in [1.807, 2.05) is 24.3 Å². The SMILES string of the molecule is C=C/C=c1\c2n(c3ccc(N(/C(C=C)=C/C=C/c4ccc5c(c4)oc4ccccc45)c4ccc5c(c4)C4C=CC=CC4c4ccccc4-5)cc13)C1CC=CC=C1C=2. The Kier molecular flexibility index (Phi) is 7.75. The van der Waals surface area contributed by atoms with Gasteiger partial charge in [-0.25, -0.2) is 0 Å². The molecule has 0 fully saturated rings. The highest BCUT2D eigenvalue weighted by Gasteiger charge is 2.32. The van der Waals surface area contributed by atoms with E-state index in [4.69, 9.17) is 4.42 Å². The van der Waals surface area contributed by atoms with Crippen LogP contribution in [0, 0.1) is 0 Å². The van der Waals surface area contributed by atoms with Gasteiger partial charge in [0.05, 0.1) is 11.4 Å². The Balaban J connectivity index is 1.07. The van der Waals surface area contributed by atoms with Gasteiger partial charge in [0.1, 0.15) is 11.2 Å². The first-order valence-electron chi connectivity index (χ1n) is 19.8. The van der Waals surface area contributed by atoms with Gasteiger partial charge in [-0.15, -0.1) is 0 Å². The van der Waals surface area contributed by atoms with Crippen LogP contribution in [0.2, 0.25) is 0 Å². The van der Waals surface area contributed by atoms with Gasteiger partial charge in [0.15, 0.2) is 0 Å². The van der Waals surface area contributed by atoms with Gasteiger partial charge in [0, 0.05) is 55.8 Å². The van der Waals surface area contributed by atoms with Gasteiger partial charge in [-0.05, 0) is 107 Å². The van der Waals surface area contributed by atoms with E-state index in [1.54, 1.807) is 0 Å². The molecule has 4 aliphatic rings. The maximum absolute atomic E-state index is 6.21. The van der Waals surface area contributed by atoms with E-state index in [0.717, 1.165) is 51.0 Å². The molecule has 57 heavy (non-hydrogen) atoms. The molecule has 0 bridgehead atoms. The van der Waals surface area contributed by atoms with Crippen LogP contribution in [0.25, 0.3) is 62.2 Å². The van der Waals surface area contributed by atoms with Crippen LogP contribution in [0.15, 0.2) is 199 Å². The number of para-hydroxylation sites is 1. The molecule has 3 heteroatoms. The normalized spacial score (nSPS) is 19.3. The number of hydrogen-bond donors (Lipinski definition) is 0. The van der Waals surface area contributed by atoms with Crippen molar-refractivity contribution in [2.24, 2.45) is 0 Å². The summed E-state index contributed by atoms with van der Waals surface area (Å²) in [5.74, 6) is 0.546. The molecule has 3 atom stereocenters. The lowest BCUT2D eigenvalue weighted by atomic mass is 9.70. The summed E-state index contributed by atoms with van der Waals surface area (Å²) in [4.78, 5) is 2.36. The molecule has 3 heterocycles. The molecule has 0 radical (unpaired) electrons. The number of hydrogen-bond acceptors (Lipinski definition) is 2. The van der Waals surface area contributed by atoms with Gasteiger partial charge in [-0.3, -0.25) is 0 Å². The van der Waals surface area contributed by atoms with Crippen molar-refractivity contribution in [3.05, 3.63) is 222 Å². The maximum atomic E-state index is 6.21. The lowest BCUT2D eigenvalue weighted by molar-refractivity contribution is 0.618. The standard InChI is InChI=1S/C54H40N2O/c1-3-14-45-49-34-39(27-30-51(49)56-50-23-11-5-16-36(50)32-52(45)56)55(37(4-2)17-13-15-35-25-28-47-46-22-10-12-24-53(46)57-54(47)31-35)38-26-29-44-42-20-7-6-18-40(42)41-19-8-9-21-43(41)48(44)33-38/h3-22,24-34,41,43,50H,1-2,23H2/b15-13+,37-17+,45-14-. The minimum atomic E-state index is 0.249. The molecular formula is C54H40N2O. The number of nitrogens with zero attached hydrogens (tertiary/aromatic N) is 2. The summed E-state index contributed by atoms with van der Waals surface area (Å²) >= 11 is 0. The number of rotatable bonds is 7. The van der Waals surface area contributed by atoms with Crippen molar-refractivity contribution in [2.45, 2.75) is 24.3 Å². The fourth-order valence-electron chi connectivity index (χ4n) is 9.68. The number of anilines is 2. The average Bonchev–Trinajstić information content (AvgIpc) is 3.92. The van der Waals surface area contributed by atoms with Crippen LogP contribution >= 0.6 is 0 Å². The van der Waals surface area contributed by atoms with Gasteiger partial charge < -0.3 is 13.9 Å². The summed E-state index contributed by atoms with van der Waals surface area (Å²) in [7, 11) is 0. The highest BCUT2D eigenvalue weighted by molar-refractivity contribution is 6.05. The van der Waals surface area contributed by atoms with Gasteiger partial charge in [0.2, 0.25) is 0 Å². The van der Waals surface area contributed by atoms with E-state index in [9.17, 15) is 0 Å². The third kappa shape index (κ3) is 5.27. The lowest BCUT2D eigenvalue weighted by Crippen LogP contribution is -2.26. The molecule has 0 N–H and O–H groups in total. The monoisotopic (exact) mass is 732 g/mol. The summed E-state index contributed by atoms with van der Waals surface area (Å²) < 4.78 is 8.73. The van der Waals surface area contributed by atoms with Gasteiger partial charge in [-0.2, -0.15) is 0 Å². The summed E-state index contributed by atoms with van der Waals surface area (Å²) in [5.41, 5.74) is 13.9.